The Morgan fingerprint density at radius 2 is 2.09 bits per heavy atom. The lowest BCUT2D eigenvalue weighted by molar-refractivity contribution is -0.115. The number of hydrogen-bond donors (Lipinski definition) is 1. The number of imidazole rings is 1. The summed E-state index contributed by atoms with van der Waals surface area (Å²) < 4.78 is 7.48. The molecule has 0 spiro atoms. The van der Waals surface area contributed by atoms with Crippen molar-refractivity contribution >= 4 is 22.6 Å². The van der Waals surface area contributed by atoms with E-state index in [1.54, 1.807) is 6.33 Å². The minimum Gasteiger partial charge on any atom is -0.492 e. The molecule has 0 aliphatic carbocycles. The second-order valence-electron chi connectivity index (χ2n) is 5.33. The molecule has 0 radical (unpaired) electrons. The number of rotatable bonds is 5. The third kappa shape index (κ3) is 3.34. The summed E-state index contributed by atoms with van der Waals surface area (Å²) in [7, 11) is 1.95. The van der Waals surface area contributed by atoms with Crippen molar-refractivity contribution in [2.75, 3.05) is 11.9 Å². The molecule has 23 heavy (non-hydrogen) atoms. The summed E-state index contributed by atoms with van der Waals surface area (Å²) in [5, 5.41) is 2.91. The number of aryl methyl sites for hydroxylation is 1. The van der Waals surface area contributed by atoms with E-state index in [4.69, 9.17) is 4.74 Å². The first-order valence-electron chi connectivity index (χ1n) is 7.59. The maximum atomic E-state index is 12.3. The summed E-state index contributed by atoms with van der Waals surface area (Å²) in [6.45, 7) is 2.48. The van der Waals surface area contributed by atoms with Gasteiger partial charge in [0.15, 0.2) is 0 Å². The Labute approximate surface area is 134 Å². The number of nitrogens with one attached hydrogen (secondary N) is 1. The summed E-state index contributed by atoms with van der Waals surface area (Å²) >= 11 is 0. The van der Waals surface area contributed by atoms with Crippen LogP contribution in [0.2, 0.25) is 0 Å². The van der Waals surface area contributed by atoms with Crippen LogP contribution in [0, 0.1) is 0 Å². The summed E-state index contributed by atoms with van der Waals surface area (Å²) in [4.78, 5) is 16.6. The van der Waals surface area contributed by atoms with Crippen LogP contribution in [0.1, 0.15) is 12.5 Å². The highest BCUT2D eigenvalue weighted by Gasteiger charge is 2.09. The van der Waals surface area contributed by atoms with E-state index in [-0.39, 0.29) is 5.91 Å². The highest BCUT2D eigenvalue weighted by atomic mass is 16.5. The van der Waals surface area contributed by atoms with Crippen molar-refractivity contribution in [2.45, 2.75) is 13.3 Å². The zero-order valence-electron chi connectivity index (χ0n) is 13.2. The third-order valence-corrected chi connectivity index (χ3v) is 3.62. The first-order chi connectivity index (χ1) is 11.2. The van der Waals surface area contributed by atoms with Crippen LogP contribution in [-0.2, 0) is 18.3 Å². The number of nitrogens with zero attached hydrogens (tertiary/aromatic N) is 2. The van der Waals surface area contributed by atoms with Gasteiger partial charge in [-0.2, -0.15) is 0 Å². The van der Waals surface area contributed by atoms with E-state index in [0.717, 1.165) is 16.6 Å². The number of amides is 1. The van der Waals surface area contributed by atoms with Gasteiger partial charge in [-0.1, -0.05) is 18.2 Å². The highest BCUT2D eigenvalue weighted by Crippen LogP contribution is 2.24. The van der Waals surface area contributed by atoms with E-state index in [1.165, 1.54) is 0 Å². The standard InChI is InChI=1S/C18H19N3O2/c1-3-23-17-7-5-4-6-14(17)20-18(22)11-13-8-9-16-15(10-13)19-12-21(16)2/h4-10,12H,3,11H2,1-2H3,(H,20,22). The van der Waals surface area contributed by atoms with Gasteiger partial charge in [-0.3, -0.25) is 4.79 Å². The van der Waals surface area contributed by atoms with Crippen LogP contribution in [0.4, 0.5) is 5.69 Å². The zero-order chi connectivity index (χ0) is 16.2. The predicted molar refractivity (Wildman–Crippen MR) is 90.7 cm³/mol. The summed E-state index contributed by atoms with van der Waals surface area (Å²) in [6, 6.07) is 13.3. The first kappa shape index (κ1) is 15.1. The Bertz CT molecular complexity index is 839. The minimum atomic E-state index is -0.0764. The average Bonchev–Trinajstić information content (AvgIpc) is 2.90. The molecule has 0 fully saturated rings. The molecule has 5 heteroatoms. The van der Waals surface area contributed by atoms with E-state index < -0.39 is 0 Å². The molecule has 5 nitrogen and oxygen atoms in total. The molecule has 1 N–H and O–H groups in total. The van der Waals surface area contributed by atoms with E-state index in [0.29, 0.717) is 24.5 Å². The SMILES string of the molecule is CCOc1ccccc1NC(=O)Cc1ccc2c(c1)ncn2C. The number of para-hydroxylation sites is 2. The van der Waals surface area contributed by atoms with Crippen LogP contribution >= 0.6 is 0 Å². The molecular weight excluding hydrogens is 290 g/mol. The fourth-order valence-electron chi connectivity index (χ4n) is 2.52. The van der Waals surface area contributed by atoms with Gasteiger partial charge in [0.25, 0.3) is 0 Å². The first-order valence-corrected chi connectivity index (χ1v) is 7.59. The molecule has 0 saturated heterocycles. The molecule has 1 amide bonds. The molecule has 1 heterocycles. The Balaban J connectivity index is 1.73. The zero-order valence-corrected chi connectivity index (χ0v) is 13.2. The van der Waals surface area contributed by atoms with Crippen molar-refractivity contribution in [1.29, 1.82) is 0 Å². The minimum absolute atomic E-state index is 0.0764. The van der Waals surface area contributed by atoms with Crippen molar-refractivity contribution in [3.63, 3.8) is 0 Å². The summed E-state index contributed by atoms with van der Waals surface area (Å²) in [5.41, 5.74) is 3.57. The van der Waals surface area contributed by atoms with Gasteiger partial charge < -0.3 is 14.6 Å². The maximum Gasteiger partial charge on any atom is 0.228 e. The largest absolute Gasteiger partial charge is 0.492 e. The van der Waals surface area contributed by atoms with E-state index in [2.05, 4.69) is 10.3 Å². The lowest BCUT2D eigenvalue weighted by atomic mass is 10.1. The number of anilines is 1. The summed E-state index contributed by atoms with van der Waals surface area (Å²) in [6.07, 6.45) is 2.07. The molecular formula is C18H19N3O2. The number of hydrogen-bond acceptors (Lipinski definition) is 3. The van der Waals surface area contributed by atoms with E-state index in [9.17, 15) is 4.79 Å². The van der Waals surface area contributed by atoms with E-state index >= 15 is 0 Å². The second kappa shape index (κ2) is 6.52. The molecule has 118 valence electrons. The monoisotopic (exact) mass is 309 g/mol. The topological polar surface area (TPSA) is 56.1 Å². The molecule has 0 saturated carbocycles. The molecule has 2 aromatic carbocycles. The van der Waals surface area contributed by atoms with Crippen molar-refractivity contribution in [1.82, 2.24) is 9.55 Å². The van der Waals surface area contributed by atoms with Gasteiger partial charge in [0.1, 0.15) is 5.75 Å². The molecule has 1 aromatic heterocycles. The number of carbonyl (C=O) groups is 1. The second-order valence-corrected chi connectivity index (χ2v) is 5.33. The number of carbonyl (C=O) groups excluding carboxylic acids is 1. The van der Waals surface area contributed by atoms with Gasteiger partial charge in [-0.15, -0.1) is 0 Å². The van der Waals surface area contributed by atoms with Crippen LogP contribution in [-0.4, -0.2) is 22.1 Å². The van der Waals surface area contributed by atoms with E-state index in [1.807, 2.05) is 61.0 Å². The molecule has 3 rings (SSSR count). The maximum absolute atomic E-state index is 12.3. The fraction of sp³-hybridized carbons (Fsp3) is 0.222. The van der Waals surface area contributed by atoms with Gasteiger partial charge in [-0.05, 0) is 36.8 Å². The predicted octanol–water partition coefficient (Wildman–Crippen LogP) is 3.15. The molecule has 3 aromatic rings. The highest BCUT2D eigenvalue weighted by molar-refractivity contribution is 5.94. The Hall–Kier alpha value is -2.82. The van der Waals surface area contributed by atoms with Crippen molar-refractivity contribution in [2.24, 2.45) is 7.05 Å². The van der Waals surface area contributed by atoms with Crippen molar-refractivity contribution in [3.8, 4) is 5.75 Å². The quantitative estimate of drug-likeness (QED) is 0.787. The van der Waals surface area contributed by atoms with Crippen LogP contribution in [0.25, 0.3) is 11.0 Å². The van der Waals surface area contributed by atoms with Gasteiger partial charge in [0.2, 0.25) is 5.91 Å². The molecule has 0 bridgehead atoms. The number of ether oxygens (including phenoxy) is 1. The lowest BCUT2D eigenvalue weighted by Crippen LogP contribution is -2.15. The van der Waals surface area contributed by atoms with Gasteiger partial charge in [0.05, 0.1) is 36.1 Å². The average molecular weight is 309 g/mol. The number of fused-ring (bicyclic) bond motifs is 1. The Morgan fingerprint density at radius 1 is 1.26 bits per heavy atom. The third-order valence-electron chi connectivity index (χ3n) is 3.62. The normalized spacial score (nSPS) is 10.7. The van der Waals surface area contributed by atoms with Gasteiger partial charge >= 0.3 is 0 Å². The molecule has 0 aliphatic rings. The summed E-state index contributed by atoms with van der Waals surface area (Å²) in [5.74, 6) is 0.607. The Morgan fingerprint density at radius 3 is 2.91 bits per heavy atom. The number of aromatic nitrogens is 2. The fourth-order valence-corrected chi connectivity index (χ4v) is 2.52. The lowest BCUT2D eigenvalue weighted by Gasteiger charge is -2.11. The molecule has 0 aliphatic heterocycles. The van der Waals surface area contributed by atoms with Crippen molar-refractivity contribution < 1.29 is 9.53 Å². The van der Waals surface area contributed by atoms with Gasteiger partial charge in [0, 0.05) is 7.05 Å². The van der Waals surface area contributed by atoms with Gasteiger partial charge in [-0.25, -0.2) is 4.98 Å². The van der Waals surface area contributed by atoms with Crippen molar-refractivity contribution in [3.05, 3.63) is 54.4 Å². The molecule has 0 unspecified atom stereocenters. The van der Waals surface area contributed by atoms with Crippen LogP contribution in [0.3, 0.4) is 0 Å². The molecule has 0 atom stereocenters. The van der Waals surface area contributed by atoms with Crippen LogP contribution < -0.4 is 10.1 Å². The smallest absolute Gasteiger partial charge is 0.228 e. The van der Waals surface area contributed by atoms with Crippen LogP contribution in [0.15, 0.2) is 48.8 Å². The van der Waals surface area contributed by atoms with Crippen LogP contribution in [0.5, 0.6) is 5.75 Å². The number of benzene rings is 2. The Kier molecular flexibility index (Phi) is 4.28.